The highest BCUT2D eigenvalue weighted by atomic mass is 16.1. The molecule has 1 heterocycles. The second-order valence-corrected chi connectivity index (χ2v) is 4.90. The van der Waals surface area contributed by atoms with Crippen molar-refractivity contribution in [1.82, 2.24) is 15.6 Å². The molecular weight excluding hydrogens is 214 g/mol. The molecule has 0 saturated heterocycles. The number of H-pyrrole nitrogens is 1. The van der Waals surface area contributed by atoms with Gasteiger partial charge in [0.25, 0.3) is 0 Å². The van der Waals surface area contributed by atoms with Gasteiger partial charge in [-0.2, -0.15) is 0 Å². The summed E-state index contributed by atoms with van der Waals surface area (Å²) in [4.78, 5) is 13.5. The van der Waals surface area contributed by atoms with E-state index in [4.69, 9.17) is 0 Å². The molecule has 0 bridgehead atoms. The van der Waals surface area contributed by atoms with Crippen LogP contribution in [0, 0.1) is 5.92 Å². The van der Waals surface area contributed by atoms with Gasteiger partial charge in [-0.3, -0.25) is 4.79 Å². The SMILES string of the molecule is CC(C)CNCC(C)NCc1ccc(=O)[nH]c1. The van der Waals surface area contributed by atoms with E-state index in [2.05, 4.69) is 36.4 Å². The van der Waals surface area contributed by atoms with Crippen molar-refractivity contribution in [2.24, 2.45) is 5.92 Å². The van der Waals surface area contributed by atoms with Crippen molar-refractivity contribution in [1.29, 1.82) is 0 Å². The summed E-state index contributed by atoms with van der Waals surface area (Å²) in [5, 5.41) is 6.82. The second kappa shape index (κ2) is 7.25. The molecule has 1 aromatic rings. The molecule has 0 saturated carbocycles. The number of pyridine rings is 1. The Kier molecular flexibility index (Phi) is 5.94. The summed E-state index contributed by atoms with van der Waals surface area (Å²) in [6.45, 7) is 9.34. The fourth-order valence-electron chi connectivity index (χ4n) is 1.51. The highest BCUT2D eigenvalue weighted by Gasteiger charge is 2.01. The van der Waals surface area contributed by atoms with E-state index < -0.39 is 0 Å². The molecule has 3 N–H and O–H groups in total. The Balaban J connectivity index is 2.21. The molecule has 4 heteroatoms. The fraction of sp³-hybridized carbons (Fsp3) is 0.615. The Morgan fingerprint density at radius 2 is 2.00 bits per heavy atom. The van der Waals surface area contributed by atoms with Gasteiger partial charge in [0.05, 0.1) is 0 Å². The minimum atomic E-state index is -0.0552. The summed E-state index contributed by atoms with van der Waals surface area (Å²) in [7, 11) is 0. The molecule has 1 atom stereocenters. The number of hydrogen-bond acceptors (Lipinski definition) is 3. The molecular formula is C13H23N3O. The van der Waals surface area contributed by atoms with Crippen LogP contribution in [0.4, 0.5) is 0 Å². The first kappa shape index (κ1) is 13.9. The molecule has 17 heavy (non-hydrogen) atoms. The monoisotopic (exact) mass is 237 g/mol. The second-order valence-electron chi connectivity index (χ2n) is 4.90. The first-order valence-corrected chi connectivity index (χ1v) is 6.19. The maximum absolute atomic E-state index is 10.9. The van der Waals surface area contributed by atoms with E-state index in [-0.39, 0.29) is 5.56 Å². The van der Waals surface area contributed by atoms with Crippen molar-refractivity contribution < 1.29 is 0 Å². The molecule has 0 fully saturated rings. The summed E-state index contributed by atoms with van der Waals surface area (Å²) >= 11 is 0. The lowest BCUT2D eigenvalue weighted by atomic mass is 10.2. The lowest BCUT2D eigenvalue weighted by Crippen LogP contribution is -2.37. The van der Waals surface area contributed by atoms with Crippen LogP contribution in [0.3, 0.4) is 0 Å². The molecule has 0 spiro atoms. The average Bonchev–Trinajstić information content (AvgIpc) is 2.28. The zero-order valence-corrected chi connectivity index (χ0v) is 10.9. The minimum absolute atomic E-state index is 0.0552. The standard InChI is InChI=1S/C13H23N3O/c1-10(2)6-14-7-11(3)15-8-12-4-5-13(17)16-9-12/h4-5,9-11,14-15H,6-8H2,1-3H3,(H,16,17). The lowest BCUT2D eigenvalue weighted by molar-refractivity contribution is 0.472. The average molecular weight is 237 g/mol. The van der Waals surface area contributed by atoms with Crippen LogP contribution < -0.4 is 16.2 Å². The third-order valence-electron chi connectivity index (χ3n) is 2.51. The summed E-state index contributed by atoms with van der Waals surface area (Å²) in [6.07, 6.45) is 1.75. The van der Waals surface area contributed by atoms with Crippen LogP contribution in [0.5, 0.6) is 0 Å². The Labute approximate surface area is 103 Å². The highest BCUT2D eigenvalue weighted by molar-refractivity contribution is 5.08. The largest absolute Gasteiger partial charge is 0.329 e. The van der Waals surface area contributed by atoms with E-state index in [9.17, 15) is 4.79 Å². The Bertz CT molecular complexity index is 353. The molecule has 96 valence electrons. The van der Waals surface area contributed by atoms with Crippen LogP contribution in [-0.2, 0) is 6.54 Å². The first-order valence-electron chi connectivity index (χ1n) is 6.19. The van der Waals surface area contributed by atoms with Crippen molar-refractivity contribution in [2.45, 2.75) is 33.4 Å². The molecule has 0 amide bonds. The zero-order chi connectivity index (χ0) is 12.7. The normalized spacial score (nSPS) is 12.9. The van der Waals surface area contributed by atoms with E-state index in [1.54, 1.807) is 12.3 Å². The Morgan fingerprint density at radius 3 is 2.59 bits per heavy atom. The third kappa shape index (κ3) is 6.24. The van der Waals surface area contributed by atoms with Gasteiger partial charge in [-0.25, -0.2) is 0 Å². The Hall–Kier alpha value is -1.13. The molecule has 1 unspecified atom stereocenters. The van der Waals surface area contributed by atoms with Gasteiger partial charge >= 0.3 is 0 Å². The molecule has 1 rings (SSSR count). The van der Waals surface area contributed by atoms with Crippen molar-refractivity contribution in [3.8, 4) is 0 Å². The van der Waals surface area contributed by atoms with Gasteiger partial charge in [0.2, 0.25) is 5.56 Å². The van der Waals surface area contributed by atoms with Crippen LogP contribution >= 0.6 is 0 Å². The molecule has 0 radical (unpaired) electrons. The van der Waals surface area contributed by atoms with Gasteiger partial charge in [0, 0.05) is 31.4 Å². The Morgan fingerprint density at radius 1 is 1.24 bits per heavy atom. The minimum Gasteiger partial charge on any atom is -0.329 e. The van der Waals surface area contributed by atoms with E-state index in [0.29, 0.717) is 12.0 Å². The van der Waals surface area contributed by atoms with Gasteiger partial charge in [-0.05, 0) is 24.9 Å². The summed E-state index contributed by atoms with van der Waals surface area (Å²) in [5.74, 6) is 0.682. The van der Waals surface area contributed by atoms with Crippen LogP contribution in [0.15, 0.2) is 23.1 Å². The maximum Gasteiger partial charge on any atom is 0.247 e. The van der Waals surface area contributed by atoms with Crippen LogP contribution in [0.25, 0.3) is 0 Å². The number of nitrogens with one attached hydrogen (secondary N) is 3. The third-order valence-corrected chi connectivity index (χ3v) is 2.51. The lowest BCUT2D eigenvalue weighted by Gasteiger charge is -2.15. The highest BCUT2D eigenvalue weighted by Crippen LogP contribution is 1.93. The predicted octanol–water partition coefficient (Wildman–Crippen LogP) is 1.10. The van der Waals surface area contributed by atoms with Gasteiger partial charge in [-0.15, -0.1) is 0 Å². The maximum atomic E-state index is 10.9. The first-order chi connectivity index (χ1) is 8.08. The summed E-state index contributed by atoms with van der Waals surface area (Å²) in [5.41, 5.74) is 1.04. The van der Waals surface area contributed by atoms with Crippen molar-refractivity contribution in [3.05, 3.63) is 34.2 Å². The summed E-state index contributed by atoms with van der Waals surface area (Å²) < 4.78 is 0. The number of aromatic nitrogens is 1. The van der Waals surface area contributed by atoms with Gasteiger partial charge in [0.15, 0.2) is 0 Å². The molecule has 0 aliphatic rings. The number of hydrogen-bond donors (Lipinski definition) is 3. The van der Waals surface area contributed by atoms with E-state index >= 15 is 0 Å². The van der Waals surface area contributed by atoms with Gasteiger partial charge in [0.1, 0.15) is 0 Å². The van der Waals surface area contributed by atoms with E-state index in [0.717, 1.165) is 25.2 Å². The smallest absolute Gasteiger partial charge is 0.247 e. The molecule has 0 aliphatic carbocycles. The van der Waals surface area contributed by atoms with Crippen molar-refractivity contribution >= 4 is 0 Å². The van der Waals surface area contributed by atoms with Crippen LogP contribution in [0.1, 0.15) is 26.3 Å². The predicted molar refractivity (Wildman–Crippen MR) is 71.1 cm³/mol. The quantitative estimate of drug-likeness (QED) is 0.665. The van der Waals surface area contributed by atoms with E-state index in [1.807, 2.05) is 6.07 Å². The van der Waals surface area contributed by atoms with Crippen molar-refractivity contribution in [2.75, 3.05) is 13.1 Å². The molecule has 0 aliphatic heterocycles. The topological polar surface area (TPSA) is 56.9 Å². The van der Waals surface area contributed by atoms with Gasteiger partial charge < -0.3 is 15.6 Å². The fourth-order valence-corrected chi connectivity index (χ4v) is 1.51. The zero-order valence-electron chi connectivity index (χ0n) is 10.9. The van der Waals surface area contributed by atoms with Crippen LogP contribution in [0.2, 0.25) is 0 Å². The van der Waals surface area contributed by atoms with Gasteiger partial charge in [-0.1, -0.05) is 19.9 Å². The molecule has 4 nitrogen and oxygen atoms in total. The van der Waals surface area contributed by atoms with Crippen LogP contribution in [-0.4, -0.2) is 24.1 Å². The summed E-state index contributed by atoms with van der Waals surface area (Å²) in [6, 6.07) is 3.82. The number of rotatable bonds is 7. The number of aromatic amines is 1. The molecule has 1 aromatic heterocycles. The molecule has 0 aromatic carbocycles. The van der Waals surface area contributed by atoms with E-state index in [1.165, 1.54) is 0 Å². The van der Waals surface area contributed by atoms with Crippen molar-refractivity contribution in [3.63, 3.8) is 0 Å².